The Kier molecular flexibility index (Phi) is 7.29. The van der Waals surface area contributed by atoms with Gasteiger partial charge >= 0.3 is 0 Å². The van der Waals surface area contributed by atoms with Crippen LogP contribution in [0.25, 0.3) is 22.0 Å². The molecular formula is C31H33FN6O4S. The van der Waals surface area contributed by atoms with Crippen LogP contribution in [0.15, 0.2) is 55.1 Å². The molecule has 1 saturated carbocycles. The molecule has 0 radical (unpaired) electrons. The molecule has 43 heavy (non-hydrogen) atoms. The first kappa shape index (κ1) is 28.9. The number of sulfonamides is 1. The number of pyridine rings is 3. The number of rotatable bonds is 9. The molecular weight excluding hydrogens is 571 g/mol. The number of amides is 1. The van der Waals surface area contributed by atoms with Crippen LogP contribution in [0.4, 0.5) is 15.8 Å². The summed E-state index contributed by atoms with van der Waals surface area (Å²) in [6, 6.07) is 8.77. The Morgan fingerprint density at radius 1 is 1.14 bits per heavy atom. The fraction of sp³-hybridized carbons (Fsp3) is 0.355. The average molecular weight is 605 g/mol. The van der Waals surface area contributed by atoms with Gasteiger partial charge in [0.15, 0.2) is 0 Å². The number of halogens is 1. The maximum atomic E-state index is 15.6. The van der Waals surface area contributed by atoms with Crippen molar-refractivity contribution >= 4 is 38.2 Å². The van der Waals surface area contributed by atoms with Crippen molar-refractivity contribution in [3.63, 3.8) is 0 Å². The van der Waals surface area contributed by atoms with Gasteiger partial charge in [-0.15, -0.1) is 0 Å². The third-order valence-electron chi connectivity index (χ3n) is 8.21. The number of ether oxygens (including phenoxy) is 1. The number of anilines is 2. The van der Waals surface area contributed by atoms with Crippen molar-refractivity contribution in [2.24, 2.45) is 0 Å². The van der Waals surface area contributed by atoms with Gasteiger partial charge in [0.1, 0.15) is 18.1 Å². The van der Waals surface area contributed by atoms with E-state index in [4.69, 9.17) is 4.74 Å². The van der Waals surface area contributed by atoms with Crippen molar-refractivity contribution in [3.05, 3.63) is 72.1 Å². The minimum absolute atomic E-state index is 0.00254. The molecule has 0 unspecified atom stereocenters. The molecule has 6 rings (SSSR count). The molecule has 1 aliphatic carbocycles. The predicted molar refractivity (Wildman–Crippen MR) is 163 cm³/mol. The Morgan fingerprint density at radius 3 is 2.58 bits per heavy atom. The van der Waals surface area contributed by atoms with Crippen LogP contribution in [-0.4, -0.2) is 61.8 Å². The van der Waals surface area contributed by atoms with Gasteiger partial charge in [0, 0.05) is 66.4 Å². The monoisotopic (exact) mass is 604 g/mol. The van der Waals surface area contributed by atoms with Crippen LogP contribution in [0.1, 0.15) is 43.7 Å². The number of benzene rings is 1. The number of aromatic nitrogens is 3. The highest BCUT2D eigenvalue weighted by molar-refractivity contribution is 7.92. The van der Waals surface area contributed by atoms with E-state index in [9.17, 15) is 13.2 Å². The van der Waals surface area contributed by atoms with Crippen LogP contribution < -0.4 is 19.7 Å². The molecule has 1 spiro atoms. The van der Waals surface area contributed by atoms with Gasteiger partial charge in [-0.2, -0.15) is 0 Å². The second-order valence-electron chi connectivity index (χ2n) is 11.6. The van der Waals surface area contributed by atoms with E-state index < -0.39 is 21.3 Å². The summed E-state index contributed by atoms with van der Waals surface area (Å²) in [6.07, 6.45) is 8.88. The highest BCUT2D eigenvalue weighted by Gasteiger charge is 2.58. The molecule has 10 nitrogen and oxygen atoms in total. The van der Waals surface area contributed by atoms with E-state index in [-0.39, 0.29) is 41.6 Å². The fourth-order valence-electron chi connectivity index (χ4n) is 6.23. The average Bonchev–Trinajstić information content (AvgIpc) is 3.16. The molecule has 1 aliphatic heterocycles. The van der Waals surface area contributed by atoms with Gasteiger partial charge < -0.3 is 15.0 Å². The molecule has 3 aromatic heterocycles. The summed E-state index contributed by atoms with van der Waals surface area (Å²) < 4.78 is 48.2. The first-order valence-corrected chi connectivity index (χ1v) is 16.0. The van der Waals surface area contributed by atoms with E-state index >= 15 is 4.39 Å². The number of hydrogen-bond donors (Lipinski definition) is 2. The molecule has 224 valence electrons. The third kappa shape index (κ3) is 5.29. The zero-order valence-electron chi connectivity index (χ0n) is 24.4. The summed E-state index contributed by atoms with van der Waals surface area (Å²) in [5.74, 6) is -0.252. The molecule has 0 saturated heterocycles. The molecule has 1 fully saturated rings. The number of fused-ring (bicyclic) bond motifs is 4. The summed E-state index contributed by atoms with van der Waals surface area (Å²) in [4.78, 5) is 28.3. The molecule has 1 aromatic carbocycles. The van der Waals surface area contributed by atoms with Gasteiger partial charge in [0.25, 0.3) is 0 Å². The summed E-state index contributed by atoms with van der Waals surface area (Å²) >= 11 is 0. The van der Waals surface area contributed by atoms with Crippen molar-refractivity contribution in [1.29, 1.82) is 0 Å². The van der Waals surface area contributed by atoms with Gasteiger partial charge in [0.05, 0.1) is 29.1 Å². The summed E-state index contributed by atoms with van der Waals surface area (Å²) in [7, 11) is -1.94. The topological polar surface area (TPSA) is 126 Å². The molecule has 1 amide bonds. The van der Waals surface area contributed by atoms with E-state index in [1.54, 1.807) is 36.6 Å². The van der Waals surface area contributed by atoms with Gasteiger partial charge in [0.2, 0.25) is 21.8 Å². The Hall–Kier alpha value is -4.16. The Morgan fingerprint density at radius 2 is 1.88 bits per heavy atom. The summed E-state index contributed by atoms with van der Waals surface area (Å²) in [5.41, 5.74) is 3.05. The molecule has 12 heteroatoms. The molecule has 4 heterocycles. The first-order valence-electron chi connectivity index (χ1n) is 14.1. The van der Waals surface area contributed by atoms with E-state index in [2.05, 4.69) is 25.0 Å². The van der Waals surface area contributed by atoms with Gasteiger partial charge in [-0.1, -0.05) is 13.8 Å². The molecule has 0 atom stereocenters. The normalized spacial score (nSPS) is 19.6. The minimum atomic E-state index is -3.68. The first-order chi connectivity index (χ1) is 20.5. The third-order valence-corrected chi connectivity index (χ3v) is 8.80. The summed E-state index contributed by atoms with van der Waals surface area (Å²) in [5, 5.41) is 3.90. The van der Waals surface area contributed by atoms with Crippen molar-refractivity contribution < 1.29 is 22.3 Å². The van der Waals surface area contributed by atoms with Crippen molar-refractivity contribution in [3.8, 4) is 17.0 Å². The molecule has 0 bridgehead atoms. The number of carbonyl (C=O) groups excluding carboxylic acids is 1. The fourth-order valence-corrected chi connectivity index (χ4v) is 6.78. The highest BCUT2D eigenvalue weighted by atomic mass is 32.2. The van der Waals surface area contributed by atoms with Crippen LogP contribution in [-0.2, 0) is 20.2 Å². The second kappa shape index (κ2) is 10.8. The standard InChI is InChI=1S/C31H33FN6O4S/c1-18(2)34-9-10-42-29-26(37-43(4,40)41)11-20(16-36-29)22-12-23-25(13-24(22)32)35-17-27-28(23)31(30(39)38(27)3)14-21(15-31)19-5-7-33-8-6-19/h5-8,11-13,16-18,21,34,37H,9-10,14-15H2,1-4H3/t21-,31+. The molecule has 2 N–H and O–H groups in total. The van der Waals surface area contributed by atoms with Crippen LogP contribution in [0, 0.1) is 5.82 Å². The smallest absolute Gasteiger partial charge is 0.238 e. The van der Waals surface area contributed by atoms with Crippen LogP contribution in [0.2, 0.25) is 0 Å². The number of likely N-dealkylation sites (N-methyl/N-ethyl adjacent to an activating group) is 1. The Balaban J connectivity index is 1.41. The van der Waals surface area contributed by atoms with Gasteiger partial charge in [-0.05, 0) is 48.6 Å². The maximum absolute atomic E-state index is 15.6. The largest absolute Gasteiger partial charge is 0.475 e. The maximum Gasteiger partial charge on any atom is 0.238 e. The van der Waals surface area contributed by atoms with E-state index in [0.717, 1.165) is 17.4 Å². The van der Waals surface area contributed by atoms with Crippen LogP contribution in [0.3, 0.4) is 0 Å². The van der Waals surface area contributed by atoms with E-state index in [0.29, 0.717) is 41.5 Å². The van der Waals surface area contributed by atoms with Crippen molar-refractivity contribution in [2.45, 2.75) is 44.1 Å². The molecule has 4 aromatic rings. The van der Waals surface area contributed by atoms with E-state index in [1.807, 2.05) is 26.0 Å². The lowest BCUT2D eigenvalue weighted by atomic mass is 9.57. The lowest BCUT2D eigenvalue weighted by Crippen LogP contribution is -2.47. The number of carbonyl (C=O) groups is 1. The number of nitrogens with one attached hydrogen (secondary N) is 2. The van der Waals surface area contributed by atoms with Crippen LogP contribution >= 0.6 is 0 Å². The zero-order chi connectivity index (χ0) is 30.5. The second-order valence-corrected chi connectivity index (χ2v) is 13.4. The van der Waals surface area contributed by atoms with Gasteiger partial charge in [-0.3, -0.25) is 19.5 Å². The Bertz CT molecular complexity index is 1830. The highest BCUT2D eigenvalue weighted by Crippen LogP contribution is 2.60. The Labute approximate surface area is 249 Å². The van der Waals surface area contributed by atoms with Crippen molar-refractivity contribution in [2.75, 3.05) is 36.1 Å². The van der Waals surface area contributed by atoms with E-state index in [1.165, 1.54) is 18.3 Å². The number of hydrogen-bond acceptors (Lipinski definition) is 8. The van der Waals surface area contributed by atoms with Crippen LogP contribution in [0.5, 0.6) is 5.88 Å². The predicted octanol–water partition coefficient (Wildman–Crippen LogP) is 4.37. The summed E-state index contributed by atoms with van der Waals surface area (Å²) in [6.45, 7) is 4.81. The number of nitrogens with zero attached hydrogens (tertiary/aromatic N) is 4. The molecule has 2 aliphatic rings. The quantitative estimate of drug-likeness (QED) is 0.270. The SMILES string of the molecule is CC(C)NCCOc1ncc(-c2cc3c(cc2F)ncc2c3[C@]3(C[C@H](c4ccncc4)C3)C(=O)N2C)cc1NS(C)(=O)=O. The van der Waals surface area contributed by atoms with Crippen molar-refractivity contribution in [1.82, 2.24) is 20.3 Å². The lowest BCUT2D eigenvalue weighted by molar-refractivity contribution is -0.126. The zero-order valence-corrected chi connectivity index (χ0v) is 25.2. The lowest BCUT2D eigenvalue weighted by Gasteiger charge is -2.44. The minimum Gasteiger partial charge on any atom is -0.475 e. The van der Waals surface area contributed by atoms with Gasteiger partial charge in [-0.25, -0.2) is 17.8 Å².